The van der Waals surface area contributed by atoms with Crippen molar-refractivity contribution in [2.24, 2.45) is 0 Å². The van der Waals surface area contributed by atoms with Gasteiger partial charge in [-0.15, -0.1) is 0 Å². The van der Waals surface area contributed by atoms with Gasteiger partial charge in [0.15, 0.2) is 0 Å². The van der Waals surface area contributed by atoms with E-state index in [1.165, 1.54) is 16.3 Å². The van der Waals surface area contributed by atoms with E-state index in [9.17, 15) is 0 Å². The largest absolute Gasteiger partial charge is 0.379 e. The van der Waals surface area contributed by atoms with Gasteiger partial charge in [-0.2, -0.15) is 0 Å². The third-order valence-corrected chi connectivity index (χ3v) is 3.87. The number of hydrogen-bond acceptors (Lipinski definition) is 2. The minimum Gasteiger partial charge on any atom is -0.379 e. The molecule has 2 aromatic rings. The van der Waals surface area contributed by atoms with Crippen molar-refractivity contribution in [1.29, 1.82) is 0 Å². The fourth-order valence-corrected chi connectivity index (χ4v) is 2.62. The Morgan fingerprint density at radius 1 is 1.10 bits per heavy atom. The Bertz CT molecular complexity index is 557. The molecule has 20 heavy (non-hydrogen) atoms. The molecule has 0 fully saturated rings. The zero-order valence-electron chi connectivity index (χ0n) is 12.9. The van der Waals surface area contributed by atoms with Crippen molar-refractivity contribution in [3.05, 3.63) is 48.0 Å². The molecule has 1 N–H and O–H groups in total. The second kappa shape index (κ2) is 6.38. The van der Waals surface area contributed by atoms with Crippen LogP contribution in [-0.2, 0) is 11.3 Å². The SMILES string of the molecule is COC(C)(C)CC(C)NCc1cccc2ccccc12. The second-order valence-corrected chi connectivity index (χ2v) is 6.09. The van der Waals surface area contributed by atoms with Crippen molar-refractivity contribution >= 4 is 10.8 Å². The molecule has 0 saturated carbocycles. The molecule has 1 unspecified atom stereocenters. The molecule has 2 aromatic carbocycles. The molecule has 0 aliphatic heterocycles. The fraction of sp³-hybridized carbons (Fsp3) is 0.444. The highest BCUT2D eigenvalue weighted by Gasteiger charge is 2.19. The predicted molar refractivity (Wildman–Crippen MR) is 86.0 cm³/mol. The Morgan fingerprint density at radius 2 is 1.80 bits per heavy atom. The lowest BCUT2D eigenvalue weighted by atomic mass is 9.99. The lowest BCUT2D eigenvalue weighted by Gasteiger charge is -2.27. The zero-order valence-corrected chi connectivity index (χ0v) is 12.9. The molecule has 0 aromatic heterocycles. The minimum absolute atomic E-state index is 0.0782. The maximum absolute atomic E-state index is 5.49. The van der Waals surface area contributed by atoms with E-state index in [0.29, 0.717) is 6.04 Å². The standard InChI is InChI=1S/C18H25NO/c1-14(12-18(2,3)20-4)19-13-16-10-7-9-15-8-5-6-11-17(15)16/h5-11,14,19H,12-13H2,1-4H3. The van der Waals surface area contributed by atoms with Crippen LogP contribution in [0.2, 0.25) is 0 Å². The number of benzene rings is 2. The summed E-state index contributed by atoms with van der Waals surface area (Å²) in [6.07, 6.45) is 0.994. The van der Waals surface area contributed by atoms with Crippen LogP contribution < -0.4 is 5.32 Å². The van der Waals surface area contributed by atoms with Crippen molar-refractivity contribution in [1.82, 2.24) is 5.32 Å². The topological polar surface area (TPSA) is 21.3 Å². The van der Waals surface area contributed by atoms with E-state index < -0.39 is 0 Å². The van der Waals surface area contributed by atoms with Crippen LogP contribution in [0.4, 0.5) is 0 Å². The van der Waals surface area contributed by atoms with Crippen LogP contribution >= 0.6 is 0 Å². The van der Waals surface area contributed by atoms with Gasteiger partial charge in [-0.1, -0.05) is 42.5 Å². The number of hydrogen-bond donors (Lipinski definition) is 1. The molecule has 0 amide bonds. The van der Waals surface area contributed by atoms with Crippen LogP contribution in [-0.4, -0.2) is 18.8 Å². The normalized spacial score (nSPS) is 13.6. The van der Waals surface area contributed by atoms with Gasteiger partial charge < -0.3 is 10.1 Å². The molecule has 2 rings (SSSR count). The number of nitrogens with one attached hydrogen (secondary N) is 1. The molecule has 2 heteroatoms. The fourth-order valence-electron chi connectivity index (χ4n) is 2.62. The van der Waals surface area contributed by atoms with Gasteiger partial charge in [0.1, 0.15) is 0 Å². The van der Waals surface area contributed by atoms with Gasteiger partial charge in [0.25, 0.3) is 0 Å². The van der Waals surface area contributed by atoms with E-state index in [2.05, 4.69) is 68.6 Å². The summed E-state index contributed by atoms with van der Waals surface area (Å²) >= 11 is 0. The monoisotopic (exact) mass is 271 g/mol. The third-order valence-electron chi connectivity index (χ3n) is 3.87. The maximum Gasteiger partial charge on any atom is 0.0637 e. The van der Waals surface area contributed by atoms with Gasteiger partial charge >= 0.3 is 0 Å². The Kier molecular flexibility index (Phi) is 4.79. The highest BCUT2D eigenvalue weighted by molar-refractivity contribution is 5.85. The summed E-state index contributed by atoms with van der Waals surface area (Å²) in [7, 11) is 1.78. The van der Waals surface area contributed by atoms with E-state index >= 15 is 0 Å². The smallest absolute Gasteiger partial charge is 0.0637 e. The molecule has 0 spiro atoms. The maximum atomic E-state index is 5.49. The first kappa shape index (κ1) is 15.0. The quantitative estimate of drug-likeness (QED) is 0.853. The van der Waals surface area contributed by atoms with Crippen LogP contribution in [0.1, 0.15) is 32.8 Å². The van der Waals surface area contributed by atoms with E-state index in [0.717, 1.165) is 13.0 Å². The third kappa shape index (κ3) is 3.81. The lowest BCUT2D eigenvalue weighted by Crippen LogP contribution is -2.35. The van der Waals surface area contributed by atoms with Crippen molar-refractivity contribution < 1.29 is 4.74 Å². The first-order valence-corrected chi connectivity index (χ1v) is 7.27. The van der Waals surface area contributed by atoms with E-state index in [1.54, 1.807) is 7.11 Å². The number of fused-ring (bicyclic) bond motifs is 1. The molecule has 0 radical (unpaired) electrons. The van der Waals surface area contributed by atoms with Crippen molar-refractivity contribution in [3.8, 4) is 0 Å². The highest BCUT2D eigenvalue weighted by Crippen LogP contribution is 2.19. The Balaban J connectivity index is 2.03. The van der Waals surface area contributed by atoms with Crippen LogP contribution in [0.5, 0.6) is 0 Å². The summed E-state index contributed by atoms with van der Waals surface area (Å²) in [5.41, 5.74) is 1.27. The van der Waals surface area contributed by atoms with Gasteiger partial charge in [-0.3, -0.25) is 0 Å². The minimum atomic E-state index is -0.0782. The first-order chi connectivity index (χ1) is 9.52. The van der Waals surface area contributed by atoms with E-state index in [-0.39, 0.29) is 5.60 Å². The molecule has 108 valence electrons. The lowest BCUT2D eigenvalue weighted by molar-refractivity contribution is 0.00845. The second-order valence-electron chi connectivity index (χ2n) is 6.09. The van der Waals surface area contributed by atoms with Crippen molar-refractivity contribution in [2.45, 2.75) is 45.4 Å². The predicted octanol–water partition coefficient (Wildman–Crippen LogP) is 4.13. The molecule has 0 saturated heterocycles. The average Bonchev–Trinajstić information content (AvgIpc) is 2.44. The Hall–Kier alpha value is -1.38. The molecular formula is C18H25NO. The summed E-state index contributed by atoms with van der Waals surface area (Å²) in [4.78, 5) is 0. The number of rotatable bonds is 6. The Labute approximate surface area is 122 Å². The zero-order chi connectivity index (χ0) is 14.6. The number of methoxy groups -OCH3 is 1. The van der Waals surface area contributed by atoms with Crippen LogP contribution in [0.25, 0.3) is 10.8 Å². The van der Waals surface area contributed by atoms with Gasteiger partial charge in [-0.25, -0.2) is 0 Å². The molecule has 2 nitrogen and oxygen atoms in total. The molecule has 0 aliphatic rings. The van der Waals surface area contributed by atoms with Crippen LogP contribution in [0.3, 0.4) is 0 Å². The average molecular weight is 271 g/mol. The van der Waals surface area contributed by atoms with Gasteiger partial charge in [0, 0.05) is 19.7 Å². The molecule has 0 bridgehead atoms. The van der Waals surface area contributed by atoms with Crippen LogP contribution in [0.15, 0.2) is 42.5 Å². The highest BCUT2D eigenvalue weighted by atomic mass is 16.5. The van der Waals surface area contributed by atoms with Crippen molar-refractivity contribution in [3.63, 3.8) is 0 Å². The Morgan fingerprint density at radius 3 is 2.55 bits per heavy atom. The summed E-state index contributed by atoms with van der Waals surface area (Å²) in [6.45, 7) is 7.36. The first-order valence-electron chi connectivity index (χ1n) is 7.27. The summed E-state index contributed by atoms with van der Waals surface area (Å²) in [6, 6.07) is 15.4. The molecule has 0 aliphatic carbocycles. The summed E-state index contributed by atoms with van der Waals surface area (Å²) < 4.78 is 5.49. The molecule has 1 atom stereocenters. The van der Waals surface area contributed by atoms with E-state index in [1.807, 2.05) is 0 Å². The van der Waals surface area contributed by atoms with Crippen molar-refractivity contribution in [2.75, 3.05) is 7.11 Å². The molecule has 0 heterocycles. The summed E-state index contributed by atoms with van der Waals surface area (Å²) in [5.74, 6) is 0. The molecular weight excluding hydrogens is 246 g/mol. The van der Waals surface area contributed by atoms with Gasteiger partial charge in [0.05, 0.1) is 5.60 Å². The van der Waals surface area contributed by atoms with E-state index in [4.69, 9.17) is 4.74 Å². The van der Waals surface area contributed by atoms with Gasteiger partial charge in [0.2, 0.25) is 0 Å². The van der Waals surface area contributed by atoms with Gasteiger partial charge in [-0.05, 0) is 43.5 Å². The number of ether oxygens (including phenoxy) is 1. The van der Waals surface area contributed by atoms with Crippen LogP contribution in [0, 0.1) is 0 Å². The summed E-state index contributed by atoms with van der Waals surface area (Å²) in [5, 5.41) is 6.24.